The number of nitrogens with zero attached hydrogens (tertiary/aromatic N) is 1. The van der Waals surface area contributed by atoms with Crippen molar-refractivity contribution in [1.29, 1.82) is 0 Å². The molecule has 0 aromatic heterocycles. The van der Waals surface area contributed by atoms with Gasteiger partial charge in [-0.25, -0.2) is 9.59 Å². The minimum absolute atomic E-state index is 0.0134. The maximum Gasteiger partial charge on any atom is 0.410 e. The summed E-state index contributed by atoms with van der Waals surface area (Å²) in [6, 6.07) is -0.0134. The number of carbonyl (C=O) groups excluding carboxylic acids is 1. The fraction of sp³-hybridized carbons (Fsp3) is 0.818. The quantitative estimate of drug-likeness (QED) is 0.803. The van der Waals surface area contributed by atoms with Gasteiger partial charge in [0.05, 0.1) is 0 Å². The molecule has 0 aromatic carbocycles. The molecule has 0 radical (unpaired) electrons. The monoisotopic (exact) mass is 231 g/mol. The molecule has 0 saturated carbocycles. The molecule has 94 valence electrons. The molecule has 1 N–H and O–H groups in total. The highest BCUT2D eigenvalue weighted by Gasteiger charge is 2.24. The Hall–Kier alpha value is -1.26. The van der Waals surface area contributed by atoms with E-state index in [1.54, 1.807) is 0 Å². The van der Waals surface area contributed by atoms with Crippen molar-refractivity contribution in [1.82, 2.24) is 4.90 Å². The Kier molecular flexibility index (Phi) is 5.27. The van der Waals surface area contributed by atoms with E-state index in [2.05, 4.69) is 4.74 Å². The topological polar surface area (TPSA) is 66.8 Å². The number of carbonyl (C=O) groups is 2. The molecule has 0 saturated heterocycles. The molecule has 5 nitrogen and oxygen atoms in total. The molecule has 5 heteroatoms. The van der Waals surface area contributed by atoms with E-state index < -0.39 is 18.7 Å². The van der Waals surface area contributed by atoms with Gasteiger partial charge in [-0.2, -0.15) is 0 Å². The van der Waals surface area contributed by atoms with Gasteiger partial charge in [0.2, 0.25) is 0 Å². The summed E-state index contributed by atoms with van der Waals surface area (Å²) < 4.78 is 4.66. The van der Waals surface area contributed by atoms with E-state index in [0.717, 1.165) is 0 Å². The van der Waals surface area contributed by atoms with Crippen molar-refractivity contribution in [3.8, 4) is 0 Å². The average molecular weight is 231 g/mol. The summed E-state index contributed by atoms with van der Waals surface area (Å²) in [5, 5.41) is 8.42. The summed E-state index contributed by atoms with van der Waals surface area (Å²) in [5.74, 6) is -1.15. The van der Waals surface area contributed by atoms with Crippen LogP contribution in [-0.4, -0.2) is 41.3 Å². The van der Waals surface area contributed by atoms with Crippen LogP contribution in [0, 0.1) is 5.41 Å². The summed E-state index contributed by atoms with van der Waals surface area (Å²) >= 11 is 0. The normalized spacial score (nSPS) is 11.4. The molecular weight excluding hydrogens is 210 g/mol. The first-order chi connectivity index (χ1) is 7.13. The molecule has 0 aliphatic rings. The van der Waals surface area contributed by atoms with Crippen LogP contribution in [0.4, 0.5) is 4.79 Å². The highest BCUT2D eigenvalue weighted by Crippen LogP contribution is 2.17. The van der Waals surface area contributed by atoms with E-state index in [-0.39, 0.29) is 11.5 Å². The van der Waals surface area contributed by atoms with E-state index in [1.807, 2.05) is 34.6 Å². The summed E-state index contributed by atoms with van der Waals surface area (Å²) in [6.45, 7) is 9.70. The zero-order valence-electron chi connectivity index (χ0n) is 10.6. The second kappa shape index (κ2) is 5.72. The van der Waals surface area contributed by atoms with Crippen LogP contribution in [0.3, 0.4) is 0 Å². The molecule has 16 heavy (non-hydrogen) atoms. The van der Waals surface area contributed by atoms with Crippen molar-refractivity contribution in [2.75, 3.05) is 13.2 Å². The van der Waals surface area contributed by atoms with Crippen LogP contribution in [0.25, 0.3) is 0 Å². The van der Waals surface area contributed by atoms with Crippen molar-refractivity contribution in [3.05, 3.63) is 0 Å². The molecule has 0 unspecified atom stereocenters. The number of hydrogen-bond acceptors (Lipinski definition) is 3. The van der Waals surface area contributed by atoms with E-state index in [0.29, 0.717) is 6.54 Å². The number of amides is 1. The number of aliphatic carboxylic acids is 1. The first-order valence-corrected chi connectivity index (χ1v) is 5.28. The van der Waals surface area contributed by atoms with Gasteiger partial charge in [-0.1, -0.05) is 20.8 Å². The van der Waals surface area contributed by atoms with Gasteiger partial charge in [-0.05, 0) is 19.3 Å². The average Bonchev–Trinajstić information content (AvgIpc) is 2.08. The van der Waals surface area contributed by atoms with Crippen molar-refractivity contribution >= 4 is 12.1 Å². The zero-order valence-corrected chi connectivity index (χ0v) is 10.6. The minimum Gasteiger partial charge on any atom is -0.479 e. The first kappa shape index (κ1) is 14.7. The molecule has 0 spiro atoms. The predicted molar refractivity (Wildman–Crippen MR) is 60.3 cm³/mol. The van der Waals surface area contributed by atoms with Crippen LogP contribution in [0.5, 0.6) is 0 Å². The Morgan fingerprint density at radius 2 is 1.81 bits per heavy atom. The first-order valence-electron chi connectivity index (χ1n) is 5.28. The molecule has 1 amide bonds. The number of carboxylic acid groups (broad SMARTS) is 1. The van der Waals surface area contributed by atoms with Crippen molar-refractivity contribution < 1.29 is 19.4 Å². The van der Waals surface area contributed by atoms with Crippen LogP contribution in [0.2, 0.25) is 0 Å². The Bertz CT molecular complexity index is 255. The van der Waals surface area contributed by atoms with Crippen LogP contribution in [0.15, 0.2) is 0 Å². The van der Waals surface area contributed by atoms with Crippen LogP contribution < -0.4 is 0 Å². The highest BCUT2D eigenvalue weighted by atomic mass is 16.6. The van der Waals surface area contributed by atoms with Crippen LogP contribution in [-0.2, 0) is 9.53 Å². The number of hydrogen-bond donors (Lipinski definition) is 1. The van der Waals surface area contributed by atoms with E-state index in [9.17, 15) is 9.59 Å². The molecule has 0 bridgehead atoms. The summed E-state index contributed by atoms with van der Waals surface area (Å²) in [6.07, 6.45) is -0.577. The number of rotatable bonds is 4. The van der Waals surface area contributed by atoms with Gasteiger partial charge >= 0.3 is 12.1 Å². The largest absolute Gasteiger partial charge is 0.479 e. The lowest BCUT2D eigenvalue weighted by molar-refractivity contribution is -0.140. The van der Waals surface area contributed by atoms with Gasteiger partial charge in [0.15, 0.2) is 6.61 Å². The summed E-state index contributed by atoms with van der Waals surface area (Å²) in [4.78, 5) is 23.4. The number of carboxylic acids is 1. The third-order valence-corrected chi connectivity index (χ3v) is 1.82. The molecule has 0 rings (SSSR count). The van der Waals surface area contributed by atoms with Crippen molar-refractivity contribution in [3.63, 3.8) is 0 Å². The van der Waals surface area contributed by atoms with Gasteiger partial charge in [0.1, 0.15) is 0 Å². The Morgan fingerprint density at radius 1 is 1.31 bits per heavy atom. The van der Waals surface area contributed by atoms with Gasteiger partial charge in [-0.3, -0.25) is 0 Å². The zero-order chi connectivity index (χ0) is 12.9. The van der Waals surface area contributed by atoms with E-state index in [1.165, 1.54) is 4.90 Å². The standard InChI is InChI=1S/C11H21NO4/c1-8(2)12(7-11(3,4)5)10(15)16-6-9(13)14/h8H,6-7H2,1-5H3,(H,13,14). The maximum absolute atomic E-state index is 11.6. The third kappa shape index (κ3) is 6.27. The second-order valence-electron chi connectivity index (χ2n) is 5.23. The lowest BCUT2D eigenvalue weighted by Gasteiger charge is -2.32. The lowest BCUT2D eigenvalue weighted by atomic mass is 9.96. The second-order valence-corrected chi connectivity index (χ2v) is 5.23. The van der Waals surface area contributed by atoms with Crippen molar-refractivity contribution in [2.24, 2.45) is 5.41 Å². The maximum atomic E-state index is 11.6. The Morgan fingerprint density at radius 3 is 2.12 bits per heavy atom. The highest BCUT2D eigenvalue weighted by molar-refractivity contribution is 5.74. The van der Waals surface area contributed by atoms with E-state index in [4.69, 9.17) is 5.11 Å². The predicted octanol–water partition coefficient (Wildman–Crippen LogP) is 1.96. The Balaban J connectivity index is 4.42. The molecule has 0 aliphatic carbocycles. The summed E-state index contributed by atoms with van der Waals surface area (Å²) in [5.41, 5.74) is -0.0491. The Labute approximate surface area is 96.4 Å². The smallest absolute Gasteiger partial charge is 0.410 e. The molecule has 0 aliphatic heterocycles. The molecule has 0 aromatic rings. The van der Waals surface area contributed by atoms with E-state index >= 15 is 0 Å². The number of ether oxygens (including phenoxy) is 1. The van der Waals surface area contributed by atoms with Gasteiger partial charge < -0.3 is 14.7 Å². The molecule has 0 fully saturated rings. The lowest BCUT2D eigenvalue weighted by Crippen LogP contribution is -2.43. The molecular formula is C11H21NO4. The SMILES string of the molecule is CC(C)N(CC(C)(C)C)C(=O)OCC(=O)O. The van der Waals surface area contributed by atoms with Gasteiger partial charge in [-0.15, -0.1) is 0 Å². The summed E-state index contributed by atoms with van der Waals surface area (Å²) in [7, 11) is 0. The van der Waals surface area contributed by atoms with Crippen LogP contribution >= 0.6 is 0 Å². The van der Waals surface area contributed by atoms with Crippen molar-refractivity contribution in [2.45, 2.75) is 40.7 Å². The fourth-order valence-corrected chi connectivity index (χ4v) is 1.18. The third-order valence-electron chi connectivity index (χ3n) is 1.82. The molecule has 0 heterocycles. The van der Waals surface area contributed by atoms with Gasteiger partial charge in [0, 0.05) is 12.6 Å². The van der Waals surface area contributed by atoms with Crippen LogP contribution in [0.1, 0.15) is 34.6 Å². The van der Waals surface area contributed by atoms with Gasteiger partial charge in [0.25, 0.3) is 0 Å². The minimum atomic E-state index is -1.15. The fourth-order valence-electron chi connectivity index (χ4n) is 1.18. The molecule has 0 atom stereocenters.